The quantitative estimate of drug-likeness (QED) is 0.778. The molecule has 0 radical (unpaired) electrons. The van der Waals surface area contributed by atoms with Crippen LogP contribution >= 0.6 is 20.2 Å². The summed E-state index contributed by atoms with van der Waals surface area (Å²) in [6.45, 7) is 1.77. The van der Waals surface area contributed by atoms with E-state index in [0.717, 1.165) is 37.6 Å². The molecule has 1 aromatic rings. The van der Waals surface area contributed by atoms with Crippen LogP contribution in [-0.4, -0.2) is 29.7 Å². The molecule has 2 heterocycles. The fourth-order valence-corrected chi connectivity index (χ4v) is 1.58. The molecule has 2 aliphatic rings. The SMILES string of the molecule is C1=NCCN1N1Nc2ccccc2N1.[Cl][Cu][Cl]. The average Bonchev–Trinajstić information content (AvgIpc) is 2.99. The van der Waals surface area contributed by atoms with Gasteiger partial charge in [-0.05, 0) is 17.4 Å². The molecule has 0 fully saturated rings. The van der Waals surface area contributed by atoms with Gasteiger partial charge in [0.25, 0.3) is 0 Å². The molecule has 0 bridgehead atoms. The molecule has 0 unspecified atom stereocenters. The van der Waals surface area contributed by atoms with Crippen molar-refractivity contribution in [3.8, 4) is 0 Å². The van der Waals surface area contributed by atoms with Gasteiger partial charge in [-0.25, -0.2) is 0 Å². The van der Waals surface area contributed by atoms with Crippen LogP contribution in [0.4, 0.5) is 11.4 Å². The summed E-state index contributed by atoms with van der Waals surface area (Å²) in [5, 5.41) is 3.85. The van der Waals surface area contributed by atoms with E-state index in [1.807, 2.05) is 40.8 Å². The van der Waals surface area contributed by atoms with E-state index in [1.165, 1.54) is 0 Å². The van der Waals surface area contributed by atoms with Crippen LogP contribution in [0.25, 0.3) is 0 Å². The van der Waals surface area contributed by atoms with E-state index in [2.05, 4.69) is 36.0 Å². The van der Waals surface area contributed by atoms with Crippen molar-refractivity contribution in [3.63, 3.8) is 0 Å². The standard InChI is InChI=1S/C9H11N5.2ClH.Cu/c1-2-4-9-8(3-1)11-14(12-9)13-6-5-10-7-13;;;/h1-4,7,11-12H,5-6H2;2*1H;/q;;;+2/p-2. The van der Waals surface area contributed by atoms with E-state index in [0.29, 0.717) is 0 Å². The monoisotopic (exact) mass is 322 g/mol. The number of hydrogen-bond donors (Lipinski definition) is 2. The first-order chi connectivity index (χ1) is 8.35. The molecular formula is C9H11Cl2CuN5. The third-order valence-corrected chi connectivity index (χ3v) is 2.31. The van der Waals surface area contributed by atoms with Crippen molar-refractivity contribution in [2.75, 3.05) is 23.9 Å². The van der Waals surface area contributed by atoms with Crippen LogP contribution < -0.4 is 10.9 Å². The van der Waals surface area contributed by atoms with Crippen molar-refractivity contribution in [2.24, 2.45) is 4.99 Å². The first-order valence-corrected chi connectivity index (χ1v) is 7.44. The molecule has 2 N–H and O–H groups in total. The zero-order chi connectivity index (χ0) is 12.1. The molecule has 0 atom stereocenters. The first kappa shape index (κ1) is 12.8. The van der Waals surface area contributed by atoms with Crippen molar-refractivity contribution in [2.45, 2.75) is 0 Å². The Balaban J connectivity index is 0.000000329. The van der Waals surface area contributed by atoms with Gasteiger partial charge in [-0.2, -0.15) is 0 Å². The number of fused-ring (bicyclic) bond motifs is 1. The number of hydrazine groups is 3. The van der Waals surface area contributed by atoms with Crippen molar-refractivity contribution >= 4 is 37.9 Å². The molecule has 1 aromatic carbocycles. The van der Waals surface area contributed by atoms with E-state index < -0.39 is 0 Å². The fourth-order valence-electron chi connectivity index (χ4n) is 1.58. The summed E-state index contributed by atoms with van der Waals surface area (Å²) >= 11 is 0.757. The van der Waals surface area contributed by atoms with Gasteiger partial charge in [-0.15, -0.1) is 0 Å². The molecule has 0 amide bonds. The number of benzene rings is 1. The number of nitrogens with zero attached hydrogens (tertiary/aromatic N) is 3. The number of halogens is 2. The van der Waals surface area contributed by atoms with E-state index in [9.17, 15) is 0 Å². The van der Waals surface area contributed by atoms with Crippen molar-refractivity contribution in [1.82, 2.24) is 10.2 Å². The zero-order valence-electron chi connectivity index (χ0n) is 8.70. The van der Waals surface area contributed by atoms with Crippen molar-refractivity contribution < 1.29 is 13.1 Å². The van der Waals surface area contributed by atoms with Crippen LogP contribution in [0.2, 0.25) is 0 Å². The number of para-hydroxylation sites is 2. The van der Waals surface area contributed by atoms with Crippen LogP contribution in [0.1, 0.15) is 0 Å². The average molecular weight is 324 g/mol. The fraction of sp³-hybridized carbons (Fsp3) is 0.222. The van der Waals surface area contributed by atoms with Gasteiger partial charge in [0.15, 0.2) is 0 Å². The van der Waals surface area contributed by atoms with Gasteiger partial charge in [0.05, 0.1) is 24.5 Å². The van der Waals surface area contributed by atoms with Gasteiger partial charge in [0, 0.05) is 0 Å². The van der Waals surface area contributed by atoms with Gasteiger partial charge >= 0.3 is 33.3 Å². The first-order valence-electron chi connectivity index (χ1n) is 4.85. The third kappa shape index (κ3) is 3.18. The van der Waals surface area contributed by atoms with Crippen molar-refractivity contribution in [1.29, 1.82) is 0 Å². The summed E-state index contributed by atoms with van der Waals surface area (Å²) in [7, 11) is 9.34. The number of hydrogen-bond acceptors (Lipinski definition) is 5. The van der Waals surface area contributed by atoms with Gasteiger partial charge in [0.2, 0.25) is 0 Å². The maximum absolute atomic E-state index is 4.67. The van der Waals surface area contributed by atoms with E-state index in [1.54, 1.807) is 0 Å². The van der Waals surface area contributed by atoms with Crippen LogP contribution in [0, 0.1) is 0 Å². The topological polar surface area (TPSA) is 42.9 Å². The molecule has 0 saturated carbocycles. The number of nitrogens with one attached hydrogen (secondary N) is 2. The summed E-state index contributed by atoms with van der Waals surface area (Å²) in [5.41, 5.74) is 8.65. The van der Waals surface area contributed by atoms with Crippen LogP contribution in [0.15, 0.2) is 29.3 Å². The normalized spacial score (nSPS) is 17.2. The molecule has 17 heavy (non-hydrogen) atoms. The summed E-state index contributed by atoms with van der Waals surface area (Å²) in [5.74, 6) is 0. The van der Waals surface area contributed by atoms with Gasteiger partial charge < -0.3 is 0 Å². The number of anilines is 2. The van der Waals surface area contributed by atoms with Gasteiger partial charge in [-0.3, -0.25) is 20.9 Å². The molecular weight excluding hydrogens is 313 g/mol. The Hall–Kier alpha value is -0.651. The summed E-state index contributed by atoms with van der Waals surface area (Å²) in [6.07, 6.45) is 1.83. The van der Waals surface area contributed by atoms with Gasteiger partial charge in [0.1, 0.15) is 6.34 Å². The predicted octanol–water partition coefficient (Wildman–Crippen LogP) is 2.29. The molecule has 2 aliphatic heterocycles. The second-order valence-corrected chi connectivity index (χ2v) is 4.86. The minimum absolute atomic E-state index is 0.757. The maximum atomic E-state index is 4.67. The molecule has 8 heteroatoms. The Morgan fingerprint density at radius 3 is 2.24 bits per heavy atom. The van der Waals surface area contributed by atoms with Crippen molar-refractivity contribution in [3.05, 3.63) is 24.3 Å². The van der Waals surface area contributed by atoms with Crippen LogP contribution in [-0.2, 0) is 13.1 Å². The second kappa shape index (κ2) is 6.33. The molecule has 3 rings (SSSR count). The van der Waals surface area contributed by atoms with E-state index >= 15 is 0 Å². The summed E-state index contributed by atoms with van der Waals surface area (Å²) in [4.78, 5) is 4.15. The number of aliphatic imine (C=N–C) groups is 1. The minimum atomic E-state index is 0.757. The van der Waals surface area contributed by atoms with Crippen LogP contribution in [0.5, 0.6) is 0 Å². The summed E-state index contributed by atoms with van der Waals surface area (Å²) < 4.78 is 0. The molecule has 0 aliphatic carbocycles. The Kier molecular flexibility index (Phi) is 4.76. The number of rotatable bonds is 1. The molecule has 5 nitrogen and oxygen atoms in total. The van der Waals surface area contributed by atoms with E-state index in [4.69, 9.17) is 0 Å². The zero-order valence-corrected chi connectivity index (χ0v) is 11.2. The van der Waals surface area contributed by atoms with Gasteiger partial charge in [-0.1, -0.05) is 12.1 Å². The van der Waals surface area contributed by atoms with E-state index in [-0.39, 0.29) is 0 Å². The molecule has 97 valence electrons. The predicted molar refractivity (Wildman–Crippen MR) is 67.3 cm³/mol. The Morgan fingerprint density at radius 1 is 1.18 bits per heavy atom. The van der Waals surface area contributed by atoms with Crippen LogP contribution in [0.3, 0.4) is 0 Å². The molecule has 0 aromatic heterocycles. The summed E-state index contributed by atoms with van der Waals surface area (Å²) in [6, 6.07) is 8.09. The molecule has 0 saturated heterocycles. The third-order valence-electron chi connectivity index (χ3n) is 2.31. The Morgan fingerprint density at radius 2 is 1.76 bits per heavy atom. The Bertz CT molecular complexity index is 378. The second-order valence-electron chi connectivity index (χ2n) is 3.31. The Labute approximate surface area is 114 Å². The molecule has 0 spiro atoms.